The summed E-state index contributed by atoms with van der Waals surface area (Å²) in [4.78, 5) is 25.8. The van der Waals surface area contributed by atoms with E-state index < -0.39 is 0 Å². The number of nitrogens with one attached hydrogen (secondary N) is 1. The molecular formula is C15H18N6OS2. The van der Waals surface area contributed by atoms with Crippen LogP contribution in [0.3, 0.4) is 0 Å². The first-order valence-corrected chi connectivity index (χ1v) is 9.25. The number of anilines is 1. The van der Waals surface area contributed by atoms with E-state index in [1.807, 2.05) is 38.4 Å². The van der Waals surface area contributed by atoms with E-state index in [0.29, 0.717) is 5.82 Å². The molecule has 0 aliphatic carbocycles. The fraction of sp³-hybridized carbons (Fsp3) is 0.400. The smallest absolute Gasteiger partial charge is 0.235 e. The number of thioether (sulfide) groups is 1. The van der Waals surface area contributed by atoms with Crippen molar-refractivity contribution in [3.63, 3.8) is 0 Å². The molecule has 0 aromatic carbocycles. The zero-order chi connectivity index (χ0) is 17.3. The molecule has 3 aromatic rings. The molecule has 0 unspecified atom stereocenters. The normalized spacial score (nSPS) is 11.8. The molecule has 0 aliphatic rings. The maximum absolute atomic E-state index is 12.3. The second kappa shape index (κ2) is 6.48. The summed E-state index contributed by atoms with van der Waals surface area (Å²) in [6.45, 7) is 8.05. The number of carbonyl (C=O) groups excluding carboxylic acids is 1. The number of nitrogens with zero attached hydrogens (tertiary/aromatic N) is 5. The van der Waals surface area contributed by atoms with Crippen LogP contribution in [-0.2, 0) is 10.3 Å². The van der Waals surface area contributed by atoms with Gasteiger partial charge in [0.15, 0.2) is 0 Å². The van der Waals surface area contributed by atoms with Gasteiger partial charge in [0.1, 0.15) is 27.5 Å². The fourth-order valence-corrected chi connectivity index (χ4v) is 3.63. The zero-order valence-corrected chi connectivity index (χ0v) is 15.5. The Morgan fingerprint density at radius 3 is 2.88 bits per heavy atom. The van der Waals surface area contributed by atoms with E-state index in [4.69, 9.17) is 0 Å². The molecule has 9 heteroatoms. The molecule has 0 atom stereocenters. The highest BCUT2D eigenvalue weighted by Gasteiger charge is 2.20. The van der Waals surface area contributed by atoms with Gasteiger partial charge in [-0.2, -0.15) is 5.10 Å². The average Bonchev–Trinajstić information content (AvgIpc) is 3.11. The topological polar surface area (TPSA) is 85.6 Å². The lowest BCUT2D eigenvalue weighted by molar-refractivity contribution is -0.113. The van der Waals surface area contributed by atoms with Crippen LogP contribution >= 0.6 is 23.1 Å². The Morgan fingerprint density at radius 2 is 2.12 bits per heavy atom. The van der Waals surface area contributed by atoms with Gasteiger partial charge < -0.3 is 5.32 Å². The number of aromatic nitrogens is 5. The quantitative estimate of drug-likeness (QED) is 0.567. The van der Waals surface area contributed by atoms with Gasteiger partial charge in [-0.3, -0.25) is 4.79 Å². The van der Waals surface area contributed by atoms with Crippen LogP contribution in [0.25, 0.3) is 10.3 Å². The third-order valence-electron chi connectivity index (χ3n) is 3.18. The van der Waals surface area contributed by atoms with Crippen molar-refractivity contribution in [1.29, 1.82) is 0 Å². The van der Waals surface area contributed by atoms with Crippen LogP contribution < -0.4 is 5.32 Å². The summed E-state index contributed by atoms with van der Waals surface area (Å²) in [6.07, 6.45) is 1.50. The number of fused-ring (bicyclic) bond motifs is 1. The first kappa shape index (κ1) is 16.8. The van der Waals surface area contributed by atoms with Gasteiger partial charge in [0.25, 0.3) is 0 Å². The summed E-state index contributed by atoms with van der Waals surface area (Å²) < 4.78 is 1.83. The zero-order valence-electron chi connectivity index (χ0n) is 13.9. The maximum Gasteiger partial charge on any atom is 0.235 e. The largest absolute Gasteiger partial charge is 0.310 e. The summed E-state index contributed by atoms with van der Waals surface area (Å²) >= 11 is 2.81. The van der Waals surface area contributed by atoms with Crippen molar-refractivity contribution >= 4 is 45.2 Å². The molecule has 0 saturated heterocycles. The molecule has 3 heterocycles. The lowest BCUT2D eigenvalue weighted by atomic mass is 10.1. The van der Waals surface area contributed by atoms with Gasteiger partial charge >= 0.3 is 0 Å². The summed E-state index contributed by atoms with van der Waals surface area (Å²) in [5, 5.41) is 8.10. The third kappa shape index (κ3) is 3.57. The number of hydrogen-bond acceptors (Lipinski definition) is 7. The minimum atomic E-state index is -0.205. The minimum absolute atomic E-state index is 0.104. The molecule has 1 N–H and O–H groups in total. The summed E-state index contributed by atoms with van der Waals surface area (Å²) in [7, 11) is 0. The van der Waals surface area contributed by atoms with Gasteiger partial charge in [0.05, 0.1) is 22.5 Å². The summed E-state index contributed by atoms with van der Waals surface area (Å²) in [5.41, 5.74) is 3.14. The average molecular weight is 362 g/mol. The molecule has 3 aromatic heterocycles. The molecule has 0 fully saturated rings. The van der Waals surface area contributed by atoms with Crippen LogP contribution in [0.1, 0.15) is 26.5 Å². The van der Waals surface area contributed by atoms with Gasteiger partial charge in [0, 0.05) is 6.07 Å². The number of rotatable bonds is 4. The highest BCUT2D eigenvalue weighted by atomic mass is 32.2. The van der Waals surface area contributed by atoms with E-state index in [1.54, 1.807) is 5.51 Å². The third-order valence-corrected chi connectivity index (χ3v) is 4.89. The highest BCUT2D eigenvalue weighted by Crippen LogP contribution is 2.26. The molecule has 24 heavy (non-hydrogen) atoms. The van der Waals surface area contributed by atoms with Crippen molar-refractivity contribution in [3.8, 4) is 0 Å². The van der Waals surface area contributed by atoms with Crippen LogP contribution in [0.2, 0.25) is 0 Å². The molecule has 0 saturated carbocycles. The van der Waals surface area contributed by atoms with Gasteiger partial charge in [0.2, 0.25) is 5.91 Å². The SMILES string of the molecule is Cc1cc(NC(=O)CSc2ncnc3scnc23)n(C(C)(C)C)n1. The Bertz CT molecular complexity index is 880. The standard InChI is InChI=1S/C15H18N6OS2/c1-9-5-10(21(20-9)15(2,3)4)19-11(22)6-23-13-12-14(17-7-16-13)24-8-18-12/h5,7-8H,6H2,1-4H3,(H,19,22). The van der Waals surface area contributed by atoms with E-state index in [2.05, 4.69) is 25.4 Å². The first-order valence-electron chi connectivity index (χ1n) is 7.38. The molecule has 1 amide bonds. The van der Waals surface area contributed by atoms with E-state index in [9.17, 15) is 4.79 Å². The first-order chi connectivity index (χ1) is 11.3. The molecular weight excluding hydrogens is 344 g/mol. The lowest BCUT2D eigenvalue weighted by Gasteiger charge is -2.22. The van der Waals surface area contributed by atoms with Crippen molar-refractivity contribution < 1.29 is 4.79 Å². The molecule has 0 bridgehead atoms. The minimum Gasteiger partial charge on any atom is -0.310 e. The molecule has 126 valence electrons. The van der Waals surface area contributed by atoms with Crippen LogP contribution in [0, 0.1) is 6.92 Å². The van der Waals surface area contributed by atoms with E-state index in [0.717, 1.165) is 21.1 Å². The second-order valence-electron chi connectivity index (χ2n) is 6.28. The van der Waals surface area contributed by atoms with Crippen LogP contribution in [0.5, 0.6) is 0 Å². The summed E-state index contributed by atoms with van der Waals surface area (Å²) in [5.74, 6) is 0.845. The van der Waals surface area contributed by atoms with Crippen molar-refractivity contribution in [2.75, 3.05) is 11.1 Å². The van der Waals surface area contributed by atoms with Crippen LogP contribution in [-0.4, -0.2) is 36.4 Å². The van der Waals surface area contributed by atoms with Crippen LogP contribution in [0.15, 0.2) is 22.9 Å². The van der Waals surface area contributed by atoms with Gasteiger partial charge in [-0.1, -0.05) is 11.8 Å². The molecule has 0 aliphatic heterocycles. The number of hydrogen-bond donors (Lipinski definition) is 1. The number of aryl methyl sites for hydroxylation is 1. The number of amides is 1. The summed E-state index contributed by atoms with van der Waals surface area (Å²) in [6, 6.07) is 1.87. The number of thiazole rings is 1. The molecule has 7 nitrogen and oxygen atoms in total. The molecule has 3 rings (SSSR count). The molecule has 0 radical (unpaired) electrons. The van der Waals surface area contributed by atoms with E-state index >= 15 is 0 Å². The maximum atomic E-state index is 12.3. The van der Waals surface area contributed by atoms with E-state index in [1.165, 1.54) is 29.4 Å². The van der Waals surface area contributed by atoms with Crippen LogP contribution in [0.4, 0.5) is 5.82 Å². The Kier molecular flexibility index (Phi) is 4.55. The second-order valence-corrected chi connectivity index (χ2v) is 8.07. The fourth-order valence-electron chi connectivity index (χ4n) is 2.19. The Labute approximate surface area is 147 Å². The predicted molar refractivity (Wildman–Crippen MR) is 96.5 cm³/mol. The molecule has 0 spiro atoms. The Hall–Kier alpha value is -2.00. The van der Waals surface area contributed by atoms with Gasteiger partial charge in [-0.05, 0) is 27.7 Å². The van der Waals surface area contributed by atoms with Crippen molar-refractivity contribution in [2.45, 2.75) is 38.3 Å². The van der Waals surface area contributed by atoms with E-state index in [-0.39, 0.29) is 17.2 Å². The Balaban J connectivity index is 1.70. The van der Waals surface area contributed by atoms with Crippen molar-refractivity contribution in [1.82, 2.24) is 24.7 Å². The van der Waals surface area contributed by atoms with Crippen molar-refractivity contribution in [2.24, 2.45) is 0 Å². The number of carbonyl (C=O) groups is 1. The van der Waals surface area contributed by atoms with Crippen molar-refractivity contribution in [3.05, 3.63) is 23.6 Å². The van der Waals surface area contributed by atoms with Gasteiger partial charge in [-0.25, -0.2) is 19.6 Å². The monoisotopic (exact) mass is 362 g/mol. The highest BCUT2D eigenvalue weighted by molar-refractivity contribution is 8.00. The lowest BCUT2D eigenvalue weighted by Crippen LogP contribution is -2.27. The van der Waals surface area contributed by atoms with Gasteiger partial charge in [-0.15, -0.1) is 11.3 Å². The predicted octanol–water partition coefficient (Wildman–Crippen LogP) is 3.08. The Morgan fingerprint density at radius 1 is 1.33 bits per heavy atom.